The third-order valence-corrected chi connectivity index (χ3v) is 3.33. The van der Waals surface area contributed by atoms with Crippen LogP contribution in [0.15, 0.2) is 18.2 Å². The summed E-state index contributed by atoms with van der Waals surface area (Å²) >= 11 is 0. The van der Waals surface area contributed by atoms with E-state index in [1.54, 1.807) is 0 Å². The van der Waals surface area contributed by atoms with Crippen molar-refractivity contribution in [3.63, 3.8) is 0 Å². The molecule has 104 valence electrons. The van der Waals surface area contributed by atoms with Crippen LogP contribution >= 0.6 is 0 Å². The van der Waals surface area contributed by atoms with Crippen molar-refractivity contribution in [2.75, 3.05) is 0 Å². The first kappa shape index (κ1) is 15.4. The predicted molar refractivity (Wildman–Crippen MR) is 74.2 cm³/mol. The molecule has 0 bridgehead atoms. The van der Waals surface area contributed by atoms with Gasteiger partial charge in [0.2, 0.25) is 0 Å². The number of hydrogen-bond acceptors (Lipinski definition) is 3. The number of nitrogens with two attached hydrogens (primary N) is 1. The molecule has 1 unspecified atom stereocenters. The van der Waals surface area contributed by atoms with Crippen molar-refractivity contribution < 1.29 is 14.7 Å². The molecule has 3 N–H and O–H groups in total. The van der Waals surface area contributed by atoms with Crippen LogP contribution in [0.4, 0.5) is 0 Å². The summed E-state index contributed by atoms with van der Waals surface area (Å²) in [4.78, 5) is 22.8. The van der Waals surface area contributed by atoms with Crippen LogP contribution < -0.4 is 5.73 Å². The maximum atomic E-state index is 11.4. The van der Waals surface area contributed by atoms with Crippen LogP contribution in [0, 0.1) is 0 Å². The highest BCUT2D eigenvalue weighted by molar-refractivity contribution is 5.99. The second-order valence-corrected chi connectivity index (χ2v) is 5.41. The number of aldehydes is 1. The van der Waals surface area contributed by atoms with Gasteiger partial charge in [-0.2, -0.15) is 0 Å². The fraction of sp³-hybridized carbons (Fsp3) is 0.467. The molecular weight excluding hydrogens is 242 g/mol. The number of benzene rings is 1. The monoisotopic (exact) mass is 263 g/mol. The zero-order chi connectivity index (χ0) is 14.8. The van der Waals surface area contributed by atoms with Gasteiger partial charge >= 0.3 is 5.97 Å². The smallest absolute Gasteiger partial charge is 0.335 e. The van der Waals surface area contributed by atoms with Crippen LogP contribution in [0.5, 0.6) is 0 Å². The predicted octanol–water partition coefficient (Wildman–Crippen LogP) is 2.37. The van der Waals surface area contributed by atoms with Gasteiger partial charge in [-0.25, -0.2) is 4.79 Å². The molecule has 0 aliphatic rings. The fourth-order valence-electron chi connectivity index (χ4n) is 2.24. The standard InChI is InChI=1S/C15H21NO3/c1-9(2)11-6-5-7-12(10(3)4)13(11)15(16,8-17)14(18)19/h5-10H,16H2,1-4H3,(H,18,19). The van der Waals surface area contributed by atoms with Crippen molar-refractivity contribution in [1.29, 1.82) is 0 Å². The zero-order valence-corrected chi connectivity index (χ0v) is 11.8. The Morgan fingerprint density at radius 1 is 1.21 bits per heavy atom. The van der Waals surface area contributed by atoms with Crippen molar-refractivity contribution >= 4 is 12.3 Å². The van der Waals surface area contributed by atoms with Crippen molar-refractivity contribution in [2.24, 2.45) is 5.73 Å². The van der Waals surface area contributed by atoms with Gasteiger partial charge in [0, 0.05) is 0 Å². The maximum absolute atomic E-state index is 11.4. The Morgan fingerprint density at radius 3 is 1.89 bits per heavy atom. The third-order valence-electron chi connectivity index (χ3n) is 3.33. The largest absolute Gasteiger partial charge is 0.479 e. The molecule has 0 saturated heterocycles. The molecule has 0 aromatic heterocycles. The van der Waals surface area contributed by atoms with Crippen LogP contribution in [0.2, 0.25) is 0 Å². The van der Waals surface area contributed by atoms with Gasteiger partial charge in [-0.3, -0.25) is 0 Å². The number of carboxylic acids is 1. The van der Waals surface area contributed by atoms with E-state index in [4.69, 9.17) is 5.73 Å². The lowest BCUT2D eigenvalue weighted by Gasteiger charge is -2.28. The van der Waals surface area contributed by atoms with Gasteiger partial charge in [-0.05, 0) is 28.5 Å². The van der Waals surface area contributed by atoms with Crippen molar-refractivity contribution in [3.8, 4) is 0 Å². The second kappa shape index (κ2) is 5.53. The molecule has 0 heterocycles. The minimum absolute atomic E-state index is 0.0934. The van der Waals surface area contributed by atoms with Crippen LogP contribution in [0.1, 0.15) is 56.2 Å². The van der Waals surface area contributed by atoms with Crippen molar-refractivity contribution in [2.45, 2.75) is 45.1 Å². The molecule has 0 aliphatic heterocycles. The lowest BCUT2D eigenvalue weighted by Crippen LogP contribution is -2.48. The molecule has 4 heteroatoms. The summed E-state index contributed by atoms with van der Waals surface area (Å²) in [6.45, 7) is 7.82. The van der Waals surface area contributed by atoms with E-state index in [2.05, 4.69) is 0 Å². The Labute approximate surface area is 113 Å². The van der Waals surface area contributed by atoms with Gasteiger partial charge in [-0.1, -0.05) is 45.9 Å². The highest BCUT2D eigenvalue weighted by Crippen LogP contribution is 2.33. The van der Waals surface area contributed by atoms with Crippen LogP contribution in [-0.4, -0.2) is 17.4 Å². The van der Waals surface area contributed by atoms with Gasteiger partial charge in [0.05, 0.1) is 0 Å². The molecule has 1 aromatic carbocycles. The summed E-state index contributed by atoms with van der Waals surface area (Å²) in [6, 6.07) is 5.54. The molecule has 0 spiro atoms. The highest BCUT2D eigenvalue weighted by atomic mass is 16.4. The van der Waals surface area contributed by atoms with Crippen molar-refractivity contribution in [3.05, 3.63) is 34.9 Å². The summed E-state index contributed by atoms with van der Waals surface area (Å²) < 4.78 is 0. The van der Waals surface area contributed by atoms with Gasteiger partial charge < -0.3 is 15.6 Å². The molecule has 1 rings (SSSR count). The number of carbonyl (C=O) groups excluding carboxylic acids is 1. The molecular formula is C15H21NO3. The molecule has 1 atom stereocenters. The molecule has 0 fully saturated rings. The molecule has 0 saturated carbocycles. The lowest BCUT2D eigenvalue weighted by molar-refractivity contribution is -0.145. The average molecular weight is 263 g/mol. The SMILES string of the molecule is CC(C)c1cccc(C(C)C)c1C(N)(C=O)C(=O)O. The molecule has 4 nitrogen and oxygen atoms in total. The number of aliphatic carboxylic acids is 1. The Hall–Kier alpha value is -1.68. The van der Waals surface area contributed by atoms with Gasteiger partial charge in [0.25, 0.3) is 0 Å². The van der Waals surface area contributed by atoms with Gasteiger partial charge in [-0.15, -0.1) is 0 Å². The first-order valence-corrected chi connectivity index (χ1v) is 6.37. The van der Waals surface area contributed by atoms with E-state index in [9.17, 15) is 14.7 Å². The first-order valence-electron chi connectivity index (χ1n) is 6.37. The summed E-state index contributed by atoms with van der Waals surface area (Å²) in [5.74, 6) is -1.13. The van der Waals surface area contributed by atoms with Crippen LogP contribution in [0.25, 0.3) is 0 Å². The summed E-state index contributed by atoms with van der Waals surface area (Å²) in [7, 11) is 0. The van der Waals surface area contributed by atoms with E-state index >= 15 is 0 Å². The van der Waals surface area contributed by atoms with Crippen LogP contribution in [0.3, 0.4) is 0 Å². The number of carboxylic acid groups (broad SMARTS) is 1. The van der Waals surface area contributed by atoms with E-state index in [1.165, 1.54) is 0 Å². The second-order valence-electron chi connectivity index (χ2n) is 5.41. The Morgan fingerprint density at radius 2 is 1.63 bits per heavy atom. The summed E-state index contributed by atoms with van der Waals surface area (Å²) in [5, 5.41) is 9.34. The van der Waals surface area contributed by atoms with E-state index in [1.807, 2.05) is 45.9 Å². The van der Waals surface area contributed by atoms with Crippen molar-refractivity contribution in [1.82, 2.24) is 0 Å². The Kier molecular flexibility index (Phi) is 4.48. The summed E-state index contributed by atoms with van der Waals surface area (Å²) in [6.07, 6.45) is 0.322. The molecule has 0 aliphatic carbocycles. The average Bonchev–Trinajstić information content (AvgIpc) is 2.36. The van der Waals surface area contributed by atoms with E-state index in [0.717, 1.165) is 11.1 Å². The highest BCUT2D eigenvalue weighted by Gasteiger charge is 2.40. The van der Waals surface area contributed by atoms with Crippen LogP contribution in [-0.2, 0) is 15.1 Å². The Bertz CT molecular complexity index is 468. The lowest BCUT2D eigenvalue weighted by atomic mass is 9.78. The molecule has 0 amide bonds. The van der Waals surface area contributed by atoms with E-state index < -0.39 is 11.5 Å². The quantitative estimate of drug-likeness (QED) is 0.631. The number of hydrogen-bond donors (Lipinski definition) is 2. The van der Waals surface area contributed by atoms with Gasteiger partial charge in [0.1, 0.15) is 0 Å². The molecule has 0 radical (unpaired) electrons. The zero-order valence-electron chi connectivity index (χ0n) is 11.8. The fourth-order valence-corrected chi connectivity index (χ4v) is 2.24. The molecule has 1 aromatic rings. The minimum atomic E-state index is -1.99. The summed E-state index contributed by atoms with van der Waals surface area (Å²) in [5.41, 5.74) is 5.94. The van der Waals surface area contributed by atoms with E-state index in [0.29, 0.717) is 11.8 Å². The molecule has 19 heavy (non-hydrogen) atoms. The third kappa shape index (κ3) is 2.68. The van der Waals surface area contributed by atoms with Gasteiger partial charge in [0.15, 0.2) is 11.8 Å². The normalized spacial score (nSPS) is 14.5. The maximum Gasteiger partial charge on any atom is 0.335 e. The number of rotatable bonds is 5. The Balaban J connectivity index is 3.71. The van der Waals surface area contributed by atoms with E-state index in [-0.39, 0.29) is 11.8 Å². The topological polar surface area (TPSA) is 80.4 Å². The first-order chi connectivity index (χ1) is 8.75. The number of carbonyl (C=O) groups is 2. The minimum Gasteiger partial charge on any atom is -0.479 e.